The van der Waals surface area contributed by atoms with Crippen LogP contribution in [0, 0.1) is 12.8 Å². The zero-order chi connectivity index (χ0) is 14.1. The van der Waals surface area contributed by atoms with Crippen LogP contribution in [0.3, 0.4) is 0 Å². The number of aryl methyl sites for hydroxylation is 1. The molecule has 106 valence electrons. The third-order valence-corrected chi connectivity index (χ3v) is 3.76. The first-order valence-electron chi connectivity index (χ1n) is 6.80. The van der Waals surface area contributed by atoms with E-state index >= 15 is 0 Å². The van der Waals surface area contributed by atoms with Crippen molar-refractivity contribution in [2.24, 2.45) is 5.92 Å². The minimum Gasteiger partial charge on any atom is -0.481 e. The van der Waals surface area contributed by atoms with Crippen molar-refractivity contribution in [1.29, 1.82) is 0 Å². The molecule has 0 aromatic carbocycles. The fourth-order valence-electron chi connectivity index (χ4n) is 2.79. The van der Waals surface area contributed by atoms with Crippen molar-refractivity contribution in [3.63, 3.8) is 0 Å². The van der Waals surface area contributed by atoms with Crippen LogP contribution in [0.2, 0.25) is 0 Å². The Bertz CT molecular complexity index is 639. The fraction of sp³-hybridized carbons (Fsp3) is 0.538. The highest BCUT2D eigenvalue weighted by molar-refractivity contribution is 5.70. The molecule has 0 spiro atoms. The lowest BCUT2D eigenvalue weighted by Crippen LogP contribution is -2.31. The van der Waals surface area contributed by atoms with Gasteiger partial charge in [-0.05, 0) is 26.2 Å². The quantitative estimate of drug-likeness (QED) is 0.881. The molecule has 7 nitrogen and oxygen atoms in total. The summed E-state index contributed by atoms with van der Waals surface area (Å²) in [5.41, 5.74) is 0.860. The van der Waals surface area contributed by atoms with Crippen molar-refractivity contribution in [3.8, 4) is 0 Å². The summed E-state index contributed by atoms with van der Waals surface area (Å²) in [4.78, 5) is 19.5. The van der Waals surface area contributed by atoms with Gasteiger partial charge in [0.05, 0.1) is 5.92 Å². The lowest BCUT2D eigenvalue weighted by molar-refractivity contribution is -0.142. The first-order chi connectivity index (χ1) is 9.63. The van der Waals surface area contributed by atoms with Gasteiger partial charge < -0.3 is 10.4 Å². The second-order valence-corrected chi connectivity index (χ2v) is 5.30. The molecule has 1 aliphatic carbocycles. The van der Waals surface area contributed by atoms with Crippen molar-refractivity contribution in [1.82, 2.24) is 19.6 Å². The average molecular weight is 275 g/mol. The Morgan fingerprint density at radius 3 is 3.15 bits per heavy atom. The number of fused-ring (bicyclic) bond motifs is 1. The normalized spacial score (nSPS) is 22.9. The van der Waals surface area contributed by atoms with Crippen molar-refractivity contribution < 1.29 is 9.90 Å². The van der Waals surface area contributed by atoms with Crippen molar-refractivity contribution >= 4 is 17.6 Å². The average Bonchev–Trinajstić information content (AvgIpc) is 2.87. The lowest BCUT2D eigenvalue weighted by atomic mass is 9.86. The number of carboxylic acid groups (broad SMARTS) is 1. The predicted octanol–water partition coefficient (Wildman–Crippen LogP) is 1.49. The summed E-state index contributed by atoms with van der Waals surface area (Å²) in [6, 6.07) is 2.06. The number of aromatic nitrogens is 4. The number of aliphatic carboxylic acids is 1. The summed E-state index contributed by atoms with van der Waals surface area (Å²) in [7, 11) is 0. The molecular weight excluding hydrogens is 258 g/mol. The van der Waals surface area contributed by atoms with Gasteiger partial charge in [0, 0.05) is 17.8 Å². The summed E-state index contributed by atoms with van der Waals surface area (Å²) in [6.07, 6.45) is 4.78. The highest BCUT2D eigenvalue weighted by Crippen LogP contribution is 2.27. The Morgan fingerprint density at radius 1 is 1.50 bits per heavy atom. The standard InChI is InChI=1S/C13H17N5O2/c1-8-5-11(18-13(16-8)14-7-15-18)17-10-4-2-3-9(6-10)12(19)20/h5,7,9-10,17H,2-4,6H2,1H3,(H,19,20). The minimum atomic E-state index is -0.701. The maximum absolute atomic E-state index is 11.1. The number of hydrogen-bond acceptors (Lipinski definition) is 5. The summed E-state index contributed by atoms with van der Waals surface area (Å²) in [5.74, 6) is 0.419. The molecule has 1 fully saturated rings. The van der Waals surface area contributed by atoms with E-state index in [2.05, 4.69) is 20.4 Å². The first kappa shape index (κ1) is 12.8. The maximum Gasteiger partial charge on any atom is 0.306 e. The number of nitrogens with one attached hydrogen (secondary N) is 1. The van der Waals surface area contributed by atoms with Gasteiger partial charge in [-0.15, -0.1) is 0 Å². The molecule has 3 rings (SSSR count). The fourth-order valence-corrected chi connectivity index (χ4v) is 2.79. The van der Waals surface area contributed by atoms with Gasteiger partial charge in [0.15, 0.2) is 0 Å². The maximum atomic E-state index is 11.1. The van der Waals surface area contributed by atoms with Gasteiger partial charge in [-0.1, -0.05) is 6.42 Å². The second-order valence-electron chi connectivity index (χ2n) is 5.30. The summed E-state index contributed by atoms with van der Waals surface area (Å²) in [6.45, 7) is 1.90. The van der Waals surface area contributed by atoms with E-state index in [0.717, 1.165) is 30.8 Å². The van der Waals surface area contributed by atoms with Crippen LogP contribution >= 0.6 is 0 Å². The van der Waals surface area contributed by atoms with Gasteiger partial charge >= 0.3 is 5.97 Å². The zero-order valence-corrected chi connectivity index (χ0v) is 11.3. The van der Waals surface area contributed by atoms with Crippen LogP contribution in [0.5, 0.6) is 0 Å². The Hall–Kier alpha value is -2.18. The van der Waals surface area contributed by atoms with Gasteiger partial charge in [-0.25, -0.2) is 4.98 Å². The predicted molar refractivity (Wildman–Crippen MR) is 72.5 cm³/mol. The number of anilines is 1. The number of carbonyl (C=O) groups is 1. The summed E-state index contributed by atoms with van der Waals surface area (Å²) >= 11 is 0. The van der Waals surface area contributed by atoms with E-state index in [1.54, 1.807) is 4.52 Å². The molecule has 2 heterocycles. The molecular formula is C13H17N5O2. The van der Waals surface area contributed by atoms with E-state index < -0.39 is 5.97 Å². The summed E-state index contributed by atoms with van der Waals surface area (Å²) in [5, 5.41) is 16.7. The largest absolute Gasteiger partial charge is 0.481 e. The molecule has 7 heteroatoms. The molecule has 2 N–H and O–H groups in total. The zero-order valence-electron chi connectivity index (χ0n) is 11.3. The highest BCUT2D eigenvalue weighted by Gasteiger charge is 2.27. The van der Waals surface area contributed by atoms with Gasteiger partial charge in [0.25, 0.3) is 5.78 Å². The molecule has 1 saturated carbocycles. The lowest BCUT2D eigenvalue weighted by Gasteiger charge is -2.28. The van der Waals surface area contributed by atoms with Gasteiger partial charge in [0.2, 0.25) is 0 Å². The van der Waals surface area contributed by atoms with Crippen molar-refractivity contribution in [2.45, 2.75) is 38.6 Å². The number of rotatable bonds is 3. The van der Waals surface area contributed by atoms with E-state index in [1.165, 1.54) is 6.33 Å². The van der Waals surface area contributed by atoms with E-state index in [9.17, 15) is 4.79 Å². The Morgan fingerprint density at radius 2 is 2.35 bits per heavy atom. The van der Waals surface area contributed by atoms with Gasteiger partial charge in [-0.3, -0.25) is 4.79 Å². The van der Waals surface area contributed by atoms with Gasteiger partial charge in [0.1, 0.15) is 12.1 Å². The molecule has 20 heavy (non-hydrogen) atoms. The summed E-state index contributed by atoms with van der Waals surface area (Å²) < 4.78 is 1.65. The van der Waals surface area contributed by atoms with Crippen LogP contribution in [-0.4, -0.2) is 36.7 Å². The number of carboxylic acids is 1. The van der Waals surface area contributed by atoms with Crippen LogP contribution in [0.25, 0.3) is 5.78 Å². The van der Waals surface area contributed by atoms with Crippen LogP contribution in [0.1, 0.15) is 31.4 Å². The monoisotopic (exact) mass is 275 g/mol. The molecule has 2 atom stereocenters. The molecule has 0 radical (unpaired) electrons. The molecule has 0 saturated heterocycles. The van der Waals surface area contributed by atoms with Crippen LogP contribution in [0.4, 0.5) is 5.82 Å². The van der Waals surface area contributed by atoms with E-state index in [0.29, 0.717) is 12.2 Å². The molecule has 0 bridgehead atoms. The topological polar surface area (TPSA) is 92.4 Å². The first-order valence-corrected chi connectivity index (χ1v) is 6.80. The highest BCUT2D eigenvalue weighted by atomic mass is 16.4. The van der Waals surface area contributed by atoms with E-state index in [1.807, 2.05) is 13.0 Å². The molecule has 2 unspecified atom stereocenters. The van der Waals surface area contributed by atoms with Crippen molar-refractivity contribution in [2.75, 3.05) is 5.32 Å². The van der Waals surface area contributed by atoms with E-state index in [-0.39, 0.29) is 12.0 Å². The second kappa shape index (κ2) is 5.07. The minimum absolute atomic E-state index is 0.152. The Balaban J connectivity index is 1.82. The number of hydrogen-bond donors (Lipinski definition) is 2. The Kier molecular flexibility index (Phi) is 3.25. The van der Waals surface area contributed by atoms with Gasteiger partial charge in [-0.2, -0.15) is 14.6 Å². The molecule has 2 aromatic heterocycles. The molecule has 1 aliphatic rings. The molecule has 0 aliphatic heterocycles. The third kappa shape index (κ3) is 2.43. The van der Waals surface area contributed by atoms with Crippen LogP contribution in [-0.2, 0) is 4.79 Å². The molecule has 2 aromatic rings. The van der Waals surface area contributed by atoms with Crippen LogP contribution < -0.4 is 5.32 Å². The van der Waals surface area contributed by atoms with Crippen LogP contribution in [0.15, 0.2) is 12.4 Å². The molecule has 0 amide bonds. The van der Waals surface area contributed by atoms with Crippen molar-refractivity contribution in [3.05, 3.63) is 18.1 Å². The Labute approximate surface area is 116 Å². The third-order valence-electron chi connectivity index (χ3n) is 3.76. The SMILES string of the molecule is Cc1cc(NC2CCCC(C(=O)O)C2)n2ncnc2n1. The smallest absolute Gasteiger partial charge is 0.306 e. The van der Waals surface area contributed by atoms with E-state index in [4.69, 9.17) is 5.11 Å². The number of nitrogens with zero attached hydrogens (tertiary/aromatic N) is 4.